The van der Waals surface area contributed by atoms with Crippen molar-refractivity contribution in [1.29, 1.82) is 0 Å². The van der Waals surface area contributed by atoms with Crippen LogP contribution in [0.2, 0.25) is 0 Å². The number of hydrogen-bond acceptors (Lipinski definition) is 4. The van der Waals surface area contributed by atoms with Gasteiger partial charge in [-0.15, -0.1) is 0 Å². The highest BCUT2D eigenvalue weighted by Crippen LogP contribution is 2.36. The Balaban J connectivity index is 1.37. The van der Waals surface area contributed by atoms with Gasteiger partial charge in [-0.2, -0.15) is 8.78 Å². The second-order valence-electron chi connectivity index (χ2n) is 9.25. The molecule has 1 saturated carbocycles. The summed E-state index contributed by atoms with van der Waals surface area (Å²) in [6.45, 7) is 0.405. The molecule has 39 heavy (non-hydrogen) atoms. The van der Waals surface area contributed by atoms with Gasteiger partial charge in [0.2, 0.25) is 11.6 Å². The maximum Gasteiger partial charge on any atom is 0.258 e. The Morgan fingerprint density at radius 2 is 1.28 bits per heavy atom. The van der Waals surface area contributed by atoms with Gasteiger partial charge < -0.3 is 19.5 Å². The fourth-order valence-electron chi connectivity index (χ4n) is 3.85. The highest BCUT2D eigenvalue weighted by atomic mass is 19.2. The molecule has 4 aromatic carbocycles. The highest BCUT2D eigenvalue weighted by molar-refractivity contribution is 6.05. The molecule has 1 aliphatic rings. The normalized spacial score (nSPS) is 12.6. The zero-order chi connectivity index (χ0) is 27.2. The van der Waals surface area contributed by atoms with Crippen molar-refractivity contribution in [2.24, 2.45) is 5.92 Å². The minimum absolute atomic E-state index is 0.00120. The van der Waals surface area contributed by atoms with E-state index in [0.717, 1.165) is 30.0 Å². The second-order valence-corrected chi connectivity index (χ2v) is 9.25. The number of nitrogens with one attached hydrogen (secondary N) is 1. The SMILES string of the molecule is O=C(Nc1ccc(OCc2ccccc2)c(F)c1OCc1ccccc1)c1ccc(OCC2CC2)c(F)c1F. The lowest BCUT2D eigenvalue weighted by atomic mass is 10.1. The van der Waals surface area contributed by atoms with Crippen LogP contribution in [-0.2, 0) is 13.2 Å². The summed E-state index contributed by atoms with van der Waals surface area (Å²) in [6, 6.07) is 23.4. The molecular formula is C31H26F3NO4. The Labute approximate surface area is 224 Å². The van der Waals surface area contributed by atoms with E-state index in [1.807, 2.05) is 48.5 Å². The fraction of sp³-hybridized carbons (Fsp3) is 0.194. The smallest absolute Gasteiger partial charge is 0.258 e. The van der Waals surface area contributed by atoms with Gasteiger partial charge >= 0.3 is 0 Å². The summed E-state index contributed by atoms with van der Waals surface area (Å²) in [6.07, 6.45) is 1.98. The molecular weight excluding hydrogens is 507 g/mol. The minimum atomic E-state index is -1.35. The van der Waals surface area contributed by atoms with Crippen molar-refractivity contribution < 1.29 is 32.2 Å². The third-order valence-electron chi connectivity index (χ3n) is 6.24. The molecule has 4 aromatic rings. The first-order valence-corrected chi connectivity index (χ1v) is 12.6. The van der Waals surface area contributed by atoms with E-state index in [-0.39, 0.29) is 36.1 Å². The van der Waals surface area contributed by atoms with Gasteiger partial charge in [-0.3, -0.25) is 4.79 Å². The number of benzene rings is 4. The molecule has 1 amide bonds. The molecule has 0 aromatic heterocycles. The van der Waals surface area contributed by atoms with Crippen LogP contribution in [0.1, 0.15) is 34.3 Å². The molecule has 8 heteroatoms. The van der Waals surface area contributed by atoms with E-state index in [1.165, 1.54) is 18.2 Å². The summed E-state index contributed by atoms with van der Waals surface area (Å²) in [5, 5.41) is 2.45. The first-order valence-electron chi connectivity index (χ1n) is 12.6. The van der Waals surface area contributed by atoms with Crippen molar-refractivity contribution in [1.82, 2.24) is 0 Å². The molecule has 0 aliphatic heterocycles. The van der Waals surface area contributed by atoms with E-state index >= 15 is 4.39 Å². The van der Waals surface area contributed by atoms with Crippen molar-refractivity contribution in [3.8, 4) is 17.2 Å². The largest absolute Gasteiger partial charge is 0.490 e. The van der Waals surface area contributed by atoms with Gasteiger partial charge in [0, 0.05) is 0 Å². The van der Waals surface area contributed by atoms with Gasteiger partial charge in [0.25, 0.3) is 5.91 Å². The molecule has 0 saturated heterocycles. The van der Waals surface area contributed by atoms with E-state index in [4.69, 9.17) is 14.2 Å². The molecule has 200 valence electrons. The maximum atomic E-state index is 15.6. The molecule has 1 fully saturated rings. The molecule has 5 nitrogen and oxygen atoms in total. The lowest BCUT2D eigenvalue weighted by Crippen LogP contribution is -2.16. The van der Waals surface area contributed by atoms with Crippen LogP contribution >= 0.6 is 0 Å². The molecule has 0 radical (unpaired) electrons. The van der Waals surface area contributed by atoms with Crippen LogP contribution in [0.4, 0.5) is 18.9 Å². The zero-order valence-electron chi connectivity index (χ0n) is 21.0. The first-order chi connectivity index (χ1) is 19.0. The molecule has 1 N–H and O–H groups in total. The van der Waals surface area contributed by atoms with Crippen molar-refractivity contribution >= 4 is 11.6 Å². The highest BCUT2D eigenvalue weighted by Gasteiger charge is 2.25. The van der Waals surface area contributed by atoms with E-state index in [0.29, 0.717) is 12.5 Å². The fourth-order valence-corrected chi connectivity index (χ4v) is 3.85. The van der Waals surface area contributed by atoms with Gasteiger partial charge in [-0.25, -0.2) is 4.39 Å². The molecule has 5 rings (SSSR count). The zero-order valence-corrected chi connectivity index (χ0v) is 21.0. The second kappa shape index (κ2) is 11.9. The summed E-state index contributed by atoms with van der Waals surface area (Å²) >= 11 is 0. The number of hydrogen-bond donors (Lipinski definition) is 1. The van der Waals surface area contributed by atoms with E-state index in [2.05, 4.69) is 5.32 Å². The lowest BCUT2D eigenvalue weighted by molar-refractivity contribution is 0.102. The van der Waals surface area contributed by atoms with Gasteiger partial charge in [-0.1, -0.05) is 60.7 Å². The number of carbonyl (C=O) groups is 1. The third-order valence-corrected chi connectivity index (χ3v) is 6.24. The Bertz CT molecular complexity index is 1440. The van der Waals surface area contributed by atoms with Crippen LogP contribution in [0.15, 0.2) is 84.9 Å². The summed E-state index contributed by atoms with van der Waals surface area (Å²) < 4.78 is 61.7. The van der Waals surface area contributed by atoms with Gasteiger partial charge in [0.1, 0.15) is 13.2 Å². The first kappa shape index (κ1) is 26.2. The number of rotatable bonds is 11. The molecule has 0 bridgehead atoms. The van der Waals surface area contributed by atoms with Crippen LogP contribution in [0.25, 0.3) is 0 Å². The summed E-state index contributed by atoms with van der Waals surface area (Å²) in [4.78, 5) is 12.9. The quantitative estimate of drug-likeness (QED) is 0.220. The van der Waals surface area contributed by atoms with E-state index in [9.17, 15) is 13.6 Å². The lowest BCUT2D eigenvalue weighted by Gasteiger charge is -2.17. The Morgan fingerprint density at radius 1 is 0.692 bits per heavy atom. The van der Waals surface area contributed by atoms with Crippen LogP contribution < -0.4 is 19.5 Å². The Hall–Kier alpha value is -4.46. The topological polar surface area (TPSA) is 56.8 Å². The number of amides is 1. The predicted molar refractivity (Wildman–Crippen MR) is 140 cm³/mol. The number of halogens is 3. The summed E-state index contributed by atoms with van der Waals surface area (Å²) in [5.41, 5.74) is 0.988. The number of anilines is 1. The summed E-state index contributed by atoms with van der Waals surface area (Å²) in [7, 11) is 0. The van der Waals surface area contributed by atoms with E-state index < -0.39 is 28.9 Å². The molecule has 0 atom stereocenters. The average molecular weight is 534 g/mol. The number of carbonyl (C=O) groups excluding carboxylic acids is 1. The van der Waals surface area contributed by atoms with Crippen LogP contribution in [0, 0.1) is 23.4 Å². The van der Waals surface area contributed by atoms with Gasteiger partial charge in [-0.05, 0) is 54.2 Å². The van der Waals surface area contributed by atoms with Gasteiger partial charge in [0.15, 0.2) is 23.1 Å². The molecule has 1 aliphatic carbocycles. The Kier molecular flexibility index (Phi) is 8.01. The van der Waals surface area contributed by atoms with Gasteiger partial charge in [0.05, 0.1) is 17.9 Å². The predicted octanol–water partition coefficient (Wildman–Crippen LogP) is 7.30. The van der Waals surface area contributed by atoms with Crippen LogP contribution in [0.3, 0.4) is 0 Å². The van der Waals surface area contributed by atoms with Crippen LogP contribution in [-0.4, -0.2) is 12.5 Å². The van der Waals surface area contributed by atoms with Crippen LogP contribution in [0.5, 0.6) is 17.2 Å². The maximum absolute atomic E-state index is 15.6. The molecule has 0 spiro atoms. The van der Waals surface area contributed by atoms with Crippen molar-refractivity contribution in [2.45, 2.75) is 26.1 Å². The van der Waals surface area contributed by atoms with Crippen molar-refractivity contribution in [3.05, 3.63) is 119 Å². The molecule has 0 unspecified atom stereocenters. The van der Waals surface area contributed by atoms with E-state index in [1.54, 1.807) is 12.1 Å². The minimum Gasteiger partial charge on any atom is -0.490 e. The molecule has 0 heterocycles. The standard InChI is InChI=1S/C31H26F3NO4/c32-27-23(13-15-25(28(27)33)37-18-22-11-12-22)31(36)35-24-14-16-26(38-17-20-7-3-1-4-8-20)29(34)30(24)39-19-21-9-5-2-6-10-21/h1-10,13-16,22H,11-12,17-19H2,(H,35,36). The Morgan fingerprint density at radius 3 is 1.92 bits per heavy atom. The van der Waals surface area contributed by atoms with Crippen molar-refractivity contribution in [2.75, 3.05) is 11.9 Å². The summed E-state index contributed by atoms with van der Waals surface area (Å²) in [5.74, 6) is -4.70. The van der Waals surface area contributed by atoms with Crippen molar-refractivity contribution in [3.63, 3.8) is 0 Å². The third kappa shape index (κ3) is 6.52. The average Bonchev–Trinajstić information content (AvgIpc) is 3.79. The monoisotopic (exact) mass is 533 g/mol. The number of ether oxygens (including phenoxy) is 3.